The van der Waals surface area contributed by atoms with Gasteiger partial charge < -0.3 is 10.3 Å². The van der Waals surface area contributed by atoms with Crippen molar-refractivity contribution in [2.45, 2.75) is 19.1 Å². The summed E-state index contributed by atoms with van der Waals surface area (Å²) in [6, 6.07) is 3.36. The number of halogens is 3. The van der Waals surface area contributed by atoms with Gasteiger partial charge in [-0.1, -0.05) is 6.07 Å². The van der Waals surface area contributed by atoms with E-state index in [0.717, 1.165) is 11.8 Å². The summed E-state index contributed by atoms with van der Waals surface area (Å²) in [5.74, 6) is 0.134. The fraction of sp³-hybridized carbons (Fsp3) is 0.214. The molecule has 0 aliphatic carbocycles. The Morgan fingerprint density at radius 3 is 2.77 bits per heavy atom. The lowest BCUT2D eigenvalue weighted by Gasteiger charge is -2.16. The molecule has 0 unspecified atom stereocenters. The summed E-state index contributed by atoms with van der Waals surface area (Å²) >= 11 is 0. The number of fused-ring (bicyclic) bond motifs is 1. The highest BCUT2D eigenvalue weighted by Crippen LogP contribution is 2.37. The van der Waals surface area contributed by atoms with Gasteiger partial charge in [0.1, 0.15) is 17.8 Å². The van der Waals surface area contributed by atoms with Crippen LogP contribution >= 0.6 is 0 Å². The third-order valence-electron chi connectivity index (χ3n) is 3.31. The molecule has 8 heteroatoms. The van der Waals surface area contributed by atoms with Crippen molar-refractivity contribution in [1.29, 1.82) is 0 Å². The van der Waals surface area contributed by atoms with E-state index in [2.05, 4.69) is 25.3 Å². The summed E-state index contributed by atoms with van der Waals surface area (Å²) in [7, 11) is 0. The molecule has 0 fully saturated rings. The molecule has 0 saturated heterocycles. The van der Waals surface area contributed by atoms with E-state index in [4.69, 9.17) is 0 Å². The van der Waals surface area contributed by atoms with Gasteiger partial charge in [-0.3, -0.25) is 4.98 Å². The number of hydrogen-bond acceptors (Lipinski definition) is 4. The molecular formula is C14H12F3N5. The lowest BCUT2D eigenvalue weighted by atomic mass is 10.1. The van der Waals surface area contributed by atoms with E-state index in [0.29, 0.717) is 0 Å². The SMILES string of the molecule is C[C@H](Nc1ncnc2[nH]cc(C(F)(F)F)c12)c1cccnc1. The van der Waals surface area contributed by atoms with Crippen molar-refractivity contribution in [3.63, 3.8) is 0 Å². The molecule has 5 nitrogen and oxygen atoms in total. The minimum atomic E-state index is -4.48. The van der Waals surface area contributed by atoms with Crippen LogP contribution < -0.4 is 5.32 Å². The van der Waals surface area contributed by atoms with Crippen molar-refractivity contribution >= 4 is 16.9 Å². The summed E-state index contributed by atoms with van der Waals surface area (Å²) in [5.41, 5.74) is 0.200. The zero-order chi connectivity index (χ0) is 15.7. The fourth-order valence-corrected chi connectivity index (χ4v) is 2.22. The number of alkyl halides is 3. The van der Waals surface area contributed by atoms with Gasteiger partial charge in [0.2, 0.25) is 0 Å². The van der Waals surface area contributed by atoms with Crippen molar-refractivity contribution in [2.24, 2.45) is 0 Å². The second kappa shape index (κ2) is 5.28. The first-order valence-electron chi connectivity index (χ1n) is 6.52. The predicted molar refractivity (Wildman–Crippen MR) is 75.2 cm³/mol. The highest BCUT2D eigenvalue weighted by molar-refractivity contribution is 5.90. The molecule has 1 atom stereocenters. The van der Waals surface area contributed by atoms with E-state index in [1.165, 1.54) is 6.33 Å². The quantitative estimate of drug-likeness (QED) is 0.776. The maximum absolute atomic E-state index is 13.1. The Bertz CT molecular complexity index is 782. The summed E-state index contributed by atoms with van der Waals surface area (Å²) in [6.45, 7) is 1.82. The van der Waals surface area contributed by atoms with Crippen LogP contribution in [0.2, 0.25) is 0 Å². The maximum Gasteiger partial charge on any atom is 0.418 e. The number of H-pyrrole nitrogens is 1. The Hall–Kier alpha value is -2.64. The second-order valence-electron chi connectivity index (χ2n) is 4.80. The lowest BCUT2D eigenvalue weighted by Crippen LogP contribution is -2.10. The molecule has 0 aliphatic rings. The number of nitrogens with zero attached hydrogens (tertiary/aromatic N) is 3. The first-order chi connectivity index (χ1) is 10.5. The number of nitrogens with one attached hydrogen (secondary N) is 2. The van der Waals surface area contributed by atoms with E-state index in [9.17, 15) is 13.2 Å². The molecule has 0 radical (unpaired) electrons. The van der Waals surface area contributed by atoms with Crippen LogP contribution in [0, 0.1) is 0 Å². The number of anilines is 1. The van der Waals surface area contributed by atoms with Gasteiger partial charge in [-0.2, -0.15) is 13.2 Å². The molecule has 0 bridgehead atoms. The van der Waals surface area contributed by atoms with Gasteiger partial charge in [-0.05, 0) is 18.6 Å². The normalized spacial score (nSPS) is 13.3. The molecule has 2 N–H and O–H groups in total. The number of hydrogen-bond donors (Lipinski definition) is 2. The zero-order valence-corrected chi connectivity index (χ0v) is 11.5. The van der Waals surface area contributed by atoms with Crippen LogP contribution in [0.15, 0.2) is 37.1 Å². The molecule has 3 heterocycles. The predicted octanol–water partition coefficient (Wildman–Crippen LogP) is 3.54. The smallest absolute Gasteiger partial charge is 0.363 e. The summed E-state index contributed by atoms with van der Waals surface area (Å²) in [4.78, 5) is 14.3. The topological polar surface area (TPSA) is 66.5 Å². The number of pyridine rings is 1. The monoisotopic (exact) mass is 307 g/mol. The van der Waals surface area contributed by atoms with Crippen molar-refractivity contribution in [3.05, 3.63) is 48.2 Å². The van der Waals surface area contributed by atoms with Crippen LogP contribution in [0.4, 0.5) is 19.0 Å². The van der Waals surface area contributed by atoms with Gasteiger partial charge in [-0.15, -0.1) is 0 Å². The average molecular weight is 307 g/mol. The molecule has 0 spiro atoms. The van der Waals surface area contributed by atoms with Crippen molar-refractivity contribution in [2.75, 3.05) is 5.32 Å². The highest BCUT2D eigenvalue weighted by Gasteiger charge is 2.35. The Morgan fingerprint density at radius 1 is 1.27 bits per heavy atom. The van der Waals surface area contributed by atoms with Crippen LogP contribution in [0.25, 0.3) is 11.0 Å². The first kappa shape index (κ1) is 14.3. The molecule has 0 aliphatic heterocycles. The van der Waals surface area contributed by atoms with Gasteiger partial charge >= 0.3 is 6.18 Å². The molecule has 3 rings (SSSR count). The van der Waals surface area contributed by atoms with Crippen LogP contribution in [0.1, 0.15) is 24.1 Å². The zero-order valence-electron chi connectivity index (χ0n) is 11.5. The number of rotatable bonds is 3. The molecule has 3 aromatic heterocycles. The van der Waals surface area contributed by atoms with E-state index in [1.54, 1.807) is 18.5 Å². The van der Waals surface area contributed by atoms with E-state index >= 15 is 0 Å². The number of aromatic nitrogens is 4. The van der Waals surface area contributed by atoms with Gasteiger partial charge in [0.15, 0.2) is 0 Å². The van der Waals surface area contributed by atoms with Gasteiger partial charge in [-0.25, -0.2) is 9.97 Å². The fourth-order valence-electron chi connectivity index (χ4n) is 2.22. The third kappa shape index (κ3) is 2.59. The Kier molecular flexibility index (Phi) is 3.44. The summed E-state index contributed by atoms with van der Waals surface area (Å²) < 4.78 is 39.2. The van der Waals surface area contributed by atoms with Crippen molar-refractivity contribution in [1.82, 2.24) is 19.9 Å². The second-order valence-corrected chi connectivity index (χ2v) is 4.80. The molecule has 22 heavy (non-hydrogen) atoms. The Morgan fingerprint density at radius 2 is 2.09 bits per heavy atom. The van der Waals surface area contributed by atoms with E-state index < -0.39 is 11.7 Å². The molecule has 0 amide bonds. The van der Waals surface area contributed by atoms with Crippen LogP contribution in [-0.4, -0.2) is 19.9 Å². The van der Waals surface area contributed by atoms with Crippen LogP contribution in [-0.2, 0) is 6.18 Å². The van der Waals surface area contributed by atoms with Gasteiger partial charge in [0.05, 0.1) is 17.0 Å². The van der Waals surface area contributed by atoms with E-state index in [1.807, 2.05) is 13.0 Å². The molecule has 0 aromatic carbocycles. The highest BCUT2D eigenvalue weighted by atomic mass is 19.4. The van der Waals surface area contributed by atoms with Crippen molar-refractivity contribution in [3.8, 4) is 0 Å². The summed E-state index contributed by atoms with van der Waals surface area (Å²) in [5, 5.41) is 2.92. The summed E-state index contributed by atoms with van der Waals surface area (Å²) in [6.07, 6.45) is 0.929. The average Bonchev–Trinajstić information content (AvgIpc) is 2.93. The maximum atomic E-state index is 13.1. The van der Waals surface area contributed by atoms with Crippen molar-refractivity contribution < 1.29 is 13.2 Å². The molecular weight excluding hydrogens is 295 g/mol. The minimum Gasteiger partial charge on any atom is -0.363 e. The van der Waals surface area contributed by atoms with Crippen LogP contribution in [0.5, 0.6) is 0 Å². The third-order valence-corrected chi connectivity index (χ3v) is 3.31. The molecule has 114 valence electrons. The standard InChI is InChI=1S/C14H12F3N5/c1-8(9-3-2-4-18-5-9)22-13-11-10(14(15,16)17)6-19-12(11)20-7-21-13/h2-8H,1H3,(H2,19,20,21,22)/t8-/m0/s1. The van der Waals surface area contributed by atoms with E-state index in [-0.39, 0.29) is 22.9 Å². The van der Waals surface area contributed by atoms with Gasteiger partial charge in [0, 0.05) is 18.6 Å². The first-order valence-corrected chi connectivity index (χ1v) is 6.52. The minimum absolute atomic E-state index is 0.0641. The van der Waals surface area contributed by atoms with Crippen LogP contribution in [0.3, 0.4) is 0 Å². The van der Waals surface area contributed by atoms with Gasteiger partial charge in [0.25, 0.3) is 0 Å². The Balaban J connectivity index is 2.02. The largest absolute Gasteiger partial charge is 0.418 e. The molecule has 0 saturated carbocycles. The number of aromatic amines is 1. The molecule has 3 aromatic rings. The Labute approximate surface area is 123 Å². The lowest BCUT2D eigenvalue weighted by molar-refractivity contribution is -0.136.